The van der Waals surface area contributed by atoms with E-state index >= 15 is 0 Å². The van der Waals surface area contributed by atoms with Crippen molar-refractivity contribution in [2.75, 3.05) is 0 Å². The number of hydrogen-bond donors (Lipinski definition) is 2. The zero-order chi connectivity index (χ0) is 11.8. The van der Waals surface area contributed by atoms with Crippen LogP contribution in [0.15, 0.2) is 30.3 Å². The number of halogens is 4. The summed E-state index contributed by atoms with van der Waals surface area (Å²) >= 11 is 3.10. The molecule has 3 unspecified atom stereocenters. The first kappa shape index (κ1) is 11.9. The van der Waals surface area contributed by atoms with Gasteiger partial charge < -0.3 is 0 Å². The third-order valence-corrected chi connectivity index (χ3v) is 3.60. The lowest BCUT2D eigenvalue weighted by Gasteiger charge is -2.19. The van der Waals surface area contributed by atoms with Gasteiger partial charge in [-0.1, -0.05) is 46.3 Å². The number of hydrogen-bond acceptors (Lipinski definition) is 2. The van der Waals surface area contributed by atoms with Gasteiger partial charge in [0.05, 0.1) is 10.9 Å². The second-order valence-corrected chi connectivity index (χ2v) is 4.70. The lowest BCUT2D eigenvalue weighted by Crippen LogP contribution is -2.44. The average molecular weight is 295 g/mol. The molecule has 0 amide bonds. The summed E-state index contributed by atoms with van der Waals surface area (Å²) in [6.45, 7) is 0. The van der Waals surface area contributed by atoms with Crippen LogP contribution in [0.3, 0.4) is 0 Å². The monoisotopic (exact) mass is 294 g/mol. The Morgan fingerprint density at radius 2 is 1.69 bits per heavy atom. The highest BCUT2D eigenvalue weighted by Crippen LogP contribution is 2.36. The van der Waals surface area contributed by atoms with Crippen LogP contribution in [0.25, 0.3) is 0 Å². The van der Waals surface area contributed by atoms with E-state index in [1.165, 1.54) is 0 Å². The molecule has 0 bridgehead atoms. The van der Waals surface area contributed by atoms with Crippen LogP contribution in [0.1, 0.15) is 11.6 Å². The Hall–Kier alpha value is -0.590. The molecule has 2 N–H and O–H groups in total. The van der Waals surface area contributed by atoms with E-state index in [2.05, 4.69) is 26.8 Å². The molecule has 0 aliphatic carbocycles. The molecule has 1 aromatic rings. The van der Waals surface area contributed by atoms with Gasteiger partial charge in [-0.2, -0.15) is 13.2 Å². The molecule has 16 heavy (non-hydrogen) atoms. The van der Waals surface area contributed by atoms with Crippen LogP contribution in [0, 0.1) is 0 Å². The fourth-order valence-corrected chi connectivity index (χ4v) is 2.59. The van der Waals surface area contributed by atoms with E-state index in [1.54, 1.807) is 24.3 Å². The van der Waals surface area contributed by atoms with E-state index in [-0.39, 0.29) is 6.04 Å². The minimum atomic E-state index is -4.26. The summed E-state index contributed by atoms with van der Waals surface area (Å²) in [5, 5.41) is 0. The van der Waals surface area contributed by atoms with Gasteiger partial charge in [0.15, 0.2) is 0 Å². The van der Waals surface area contributed by atoms with Crippen molar-refractivity contribution in [1.29, 1.82) is 0 Å². The maximum absolute atomic E-state index is 12.6. The molecule has 1 heterocycles. The molecule has 1 aromatic carbocycles. The fraction of sp³-hybridized carbons (Fsp3) is 0.400. The van der Waals surface area contributed by atoms with Gasteiger partial charge in [-0.15, -0.1) is 0 Å². The summed E-state index contributed by atoms with van der Waals surface area (Å²) in [6, 6.07) is 7.08. The summed E-state index contributed by atoms with van der Waals surface area (Å²) in [6.07, 6.45) is -4.26. The maximum Gasteiger partial charge on any atom is 0.406 e. The molecule has 1 saturated heterocycles. The number of benzene rings is 1. The van der Waals surface area contributed by atoms with Crippen molar-refractivity contribution in [3.63, 3.8) is 0 Å². The lowest BCUT2D eigenvalue weighted by atomic mass is 10.0. The Kier molecular flexibility index (Phi) is 3.23. The molecular formula is C10H10BrF3N2. The standard InChI is InChI=1S/C10H10BrF3N2/c11-7-8(6-4-2-1-3-5-6)15-16-9(7)10(12,13)14/h1-5,7-9,15-16H. The van der Waals surface area contributed by atoms with Gasteiger partial charge in [-0.3, -0.25) is 0 Å². The first-order valence-electron chi connectivity index (χ1n) is 4.77. The van der Waals surface area contributed by atoms with Crippen molar-refractivity contribution < 1.29 is 13.2 Å². The minimum absolute atomic E-state index is 0.382. The topological polar surface area (TPSA) is 24.1 Å². The molecule has 1 aliphatic rings. The van der Waals surface area contributed by atoms with Crippen molar-refractivity contribution in [1.82, 2.24) is 10.9 Å². The largest absolute Gasteiger partial charge is 0.406 e. The van der Waals surface area contributed by atoms with Gasteiger partial charge in [-0.25, -0.2) is 10.9 Å². The molecule has 0 saturated carbocycles. The molecule has 88 valence electrons. The van der Waals surface area contributed by atoms with Gasteiger partial charge in [0, 0.05) is 0 Å². The van der Waals surface area contributed by atoms with Gasteiger partial charge in [-0.05, 0) is 5.56 Å². The Labute approximate surface area is 99.3 Å². The Bertz CT molecular complexity index is 355. The van der Waals surface area contributed by atoms with Gasteiger partial charge >= 0.3 is 6.18 Å². The third kappa shape index (κ3) is 2.23. The Morgan fingerprint density at radius 1 is 1.06 bits per heavy atom. The molecule has 3 atom stereocenters. The van der Waals surface area contributed by atoms with Crippen molar-refractivity contribution in [3.8, 4) is 0 Å². The van der Waals surface area contributed by atoms with Crippen molar-refractivity contribution in [2.45, 2.75) is 23.1 Å². The smallest absolute Gasteiger partial charge is 0.249 e. The van der Waals surface area contributed by atoms with Crippen LogP contribution >= 0.6 is 15.9 Å². The zero-order valence-corrected chi connectivity index (χ0v) is 9.72. The zero-order valence-electron chi connectivity index (χ0n) is 8.13. The van der Waals surface area contributed by atoms with Crippen LogP contribution in [-0.4, -0.2) is 17.0 Å². The summed E-state index contributed by atoms with van der Waals surface area (Å²) < 4.78 is 37.7. The average Bonchev–Trinajstić information content (AvgIpc) is 2.61. The number of alkyl halides is 4. The maximum atomic E-state index is 12.6. The molecule has 1 fully saturated rings. The summed E-state index contributed by atoms with van der Waals surface area (Å²) in [5.74, 6) is 0. The van der Waals surface area contributed by atoms with Crippen LogP contribution in [-0.2, 0) is 0 Å². The van der Waals surface area contributed by atoms with E-state index < -0.39 is 17.0 Å². The second kappa shape index (κ2) is 4.35. The SMILES string of the molecule is FC(F)(F)C1NNC(c2ccccc2)C1Br. The molecular weight excluding hydrogens is 285 g/mol. The van der Waals surface area contributed by atoms with E-state index in [1.807, 2.05) is 6.07 Å². The first-order valence-corrected chi connectivity index (χ1v) is 5.68. The van der Waals surface area contributed by atoms with Gasteiger partial charge in [0.25, 0.3) is 0 Å². The summed E-state index contributed by atoms with van der Waals surface area (Å²) in [4.78, 5) is -0.713. The minimum Gasteiger partial charge on any atom is -0.249 e. The van der Waals surface area contributed by atoms with E-state index in [4.69, 9.17) is 0 Å². The van der Waals surface area contributed by atoms with Gasteiger partial charge in [0.2, 0.25) is 0 Å². The summed E-state index contributed by atoms with van der Waals surface area (Å²) in [7, 11) is 0. The molecule has 2 nitrogen and oxygen atoms in total. The molecule has 0 spiro atoms. The Balaban J connectivity index is 2.17. The van der Waals surface area contributed by atoms with Crippen LogP contribution in [0.5, 0.6) is 0 Å². The molecule has 0 radical (unpaired) electrons. The Morgan fingerprint density at radius 3 is 2.19 bits per heavy atom. The van der Waals surface area contributed by atoms with Crippen LogP contribution in [0.2, 0.25) is 0 Å². The van der Waals surface area contributed by atoms with E-state index in [9.17, 15) is 13.2 Å². The van der Waals surface area contributed by atoms with Crippen LogP contribution in [0.4, 0.5) is 13.2 Å². The highest BCUT2D eigenvalue weighted by Gasteiger charge is 2.50. The van der Waals surface area contributed by atoms with Crippen LogP contribution < -0.4 is 10.9 Å². The van der Waals surface area contributed by atoms with Crippen molar-refractivity contribution >= 4 is 15.9 Å². The lowest BCUT2D eigenvalue weighted by molar-refractivity contribution is -0.151. The predicted molar refractivity (Wildman–Crippen MR) is 58.0 cm³/mol. The van der Waals surface area contributed by atoms with Gasteiger partial charge in [0.1, 0.15) is 6.04 Å². The number of nitrogens with one attached hydrogen (secondary N) is 2. The highest BCUT2D eigenvalue weighted by atomic mass is 79.9. The summed E-state index contributed by atoms with van der Waals surface area (Å²) in [5.41, 5.74) is 5.76. The first-order chi connectivity index (χ1) is 7.50. The number of rotatable bonds is 1. The van der Waals surface area contributed by atoms with E-state index in [0.29, 0.717) is 0 Å². The fourth-order valence-electron chi connectivity index (χ4n) is 1.72. The van der Waals surface area contributed by atoms with Crippen molar-refractivity contribution in [2.24, 2.45) is 0 Å². The molecule has 1 aliphatic heterocycles. The predicted octanol–water partition coefficient (Wildman–Crippen LogP) is 2.53. The van der Waals surface area contributed by atoms with Crippen molar-refractivity contribution in [3.05, 3.63) is 35.9 Å². The highest BCUT2D eigenvalue weighted by molar-refractivity contribution is 9.09. The quantitative estimate of drug-likeness (QED) is 0.778. The molecule has 6 heteroatoms. The normalized spacial score (nSPS) is 30.6. The molecule has 2 rings (SSSR count). The number of hydrazine groups is 1. The second-order valence-electron chi connectivity index (χ2n) is 3.64. The molecule has 0 aromatic heterocycles. The third-order valence-electron chi connectivity index (χ3n) is 2.54. The van der Waals surface area contributed by atoms with E-state index in [0.717, 1.165) is 5.56 Å².